The van der Waals surface area contributed by atoms with Crippen LogP contribution in [0.2, 0.25) is 0 Å². The molecular formula is C17H16O2S2. The van der Waals surface area contributed by atoms with E-state index in [1.165, 1.54) is 10.5 Å². The zero-order valence-corrected chi connectivity index (χ0v) is 13.3. The molecule has 1 aliphatic heterocycles. The van der Waals surface area contributed by atoms with Gasteiger partial charge in [-0.3, -0.25) is 0 Å². The van der Waals surface area contributed by atoms with E-state index in [1.54, 1.807) is 17.8 Å². The third kappa shape index (κ3) is 3.11. The van der Waals surface area contributed by atoms with Gasteiger partial charge < -0.3 is 5.11 Å². The first-order valence-electron chi connectivity index (χ1n) is 6.83. The van der Waals surface area contributed by atoms with Crippen molar-refractivity contribution >= 4 is 29.5 Å². The van der Waals surface area contributed by atoms with Gasteiger partial charge in [-0.1, -0.05) is 24.3 Å². The van der Waals surface area contributed by atoms with Crippen molar-refractivity contribution in [2.75, 3.05) is 11.5 Å². The molecule has 1 N–H and O–H groups in total. The molecule has 0 saturated heterocycles. The summed E-state index contributed by atoms with van der Waals surface area (Å²) in [5.41, 5.74) is 2.65. The van der Waals surface area contributed by atoms with Crippen LogP contribution in [0.1, 0.15) is 27.4 Å². The quantitative estimate of drug-likeness (QED) is 0.831. The van der Waals surface area contributed by atoms with Gasteiger partial charge in [-0.15, -0.1) is 23.5 Å². The summed E-state index contributed by atoms with van der Waals surface area (Å²) >= 11 is 3.66. The molecule has 0 aliphatic carbocycles. The van der Waals surface area contributed by atoms with Crippen LogP contribution in [0.5, 0.6) is 0 Å². The van der Waals surface area contributed by atoms with Gasteiger partial charge in [0.1, 0.15) is 0 Å². The van der Waals surface area contributed by atoms with E-state index in [9.17, 15) is 9.90 Å². The maximum atomic E-state index is 11.2. The molecule has 108 valence electrons. The van der Waals surface area contributed by atoms with Crippen LogP contribution >= 0.6 is 23.5 Å². The van der Waals surface area contributed by atoms with Crippen LogP contribution in [0, 0.1) is 6.92 Å². The second-order valence-electron chi connectivity index (χ2n) is 5.14. The number of carbonyl (C=O) groups is 1. The zero-order valence-electron chi connectivity index (χ0n) is 11.7. The van der Waals surface area contributed by atoms with E-state index < -0.39 is 5.97 Å². The van der Waals surface area contributed by atoms with Crippen LogP contribution in [0.25, 0.3) is 0 Å². The van der Waals surface area contributed by atoms with Crippen molar-refractivity contribution in [2.24, 2.45) is 0 Å². The van der Waals surface area contributed by atoms with E-state index in [1.807, 2.05) is 30.8 Å². The van der Waals surface area contributed by atoms with E-state index in [2.05, 4.69) is 24.3 Å². The lowest BCUT2D eigenvalue weighted by Crippen LogP contribution is -2.02. The monoisotopic (exact) mass is 316 g/mol. The van der Waals surface area contributed by atoms with Crippen molar-refractivity contribution in [1.29, 1.82) is 0 Å². The lowest BCUT2D eigenvalue weighted by molar-refractivity contribution is 0.0696. The molecule has 0 aromatic heterocycles. The number of hydrogen-bond donors (Lipinski definition) is 1. The second kappa shape index (κ2) is 6.16. The maximum absolute atomic E-state index is 11.2. The summed E-state index contributed by atoms with van der Waals surface area (Å²) in [6, 6.07) is 14.3. The molecule has 1 unspecified atom stereocenters. The number of thioether (sulfide) groups is 2. The first-order chi connectivity index (χ1) is 10.1. The van der Waals surface area contributed by atoms with Gasteiger partial charge >= 0.3 is 5.97 Å². The topological polar surface area (TPSA) is 37.3 Å². The molecule has 0 spiro atoms. The minimum Gasteiger partial charge on any atom is -0.478 e. The summed E-state index contributed by atoms with van der Waals surface area (Å²) in [4.78, 5) is 13.6. The molecule has 2 nitrogen and oxygen atoms in total. The van der Waals surface area contributed by atoms with Gasteiger partial charge in [0.05, 0.1) is 5.56 Å². The summed E-state index contributed by atoms with van der Waals surface area (Å²) in [5.74, 6) is 1.80. The Balaban J connectivity index is 1.72. The molecule has 0 fully saturated rings. The molecule has 1 heterocycles. The predicted molar refractivity (Wildman–Crippen MR) is 88.8 cm³/mol. The van der Waals surface area contributed by atoms with Crippen molar-refractivity contribution in [3.05, 3.63) is 59.2 Å². The molecule has 0 bridgehead atoms. The van der Waals surface area contributed by atoms with Crippen molar-refractivity contribution < 1.29 is 9.90 Å². The number of aryl methyl sites for hydroxylation is 1. The summed E-state index contributed by atoms with van der Waals surface area (Å²) < 4.78 is 0. The average Bonchev–Trinajstić information content (AvgIpc) is 2.89. The molecular weight excluding hydrogens is 300 g/mol. The van der Waals surface area contributed by atoms with Crippen LogP contribution in [-0.4, -0.2) is 22.6 Å². The largest absolute Gasteiger partial charge is 0.478 e. The molecule has 1 aliphatic rings. The van der Waals surface area contributed by atoms with Gasteiger partial charge in [-0.05, 0) is 36.2 Å². The Morgan fingerprint density at radius 2 is 2.14 bits per heavy atom. The first-order valence-corrected chi connectivity index (χ1v) is 8.81. The Morgan fingerprint density at radius 1 is 1.33 bits per heavy atom. The van der Waals surface area contributed by atoms with E-state index in [0.717, 1.165) is 22.0 Å². The average molecular weight is 316 g/mol. The van der Waals surface area contributed by atoms with Gasteiger partial charge in [-0.2, -0.15) is 0 Å². The highest BCUT2D eigenvalue weighted by molar-refractivity contribution is 8.00. The number of aromatic carboxylic acids is 1. The maximum Gasteiger partial charge on any atom is 0.335 e. The van der Waals surface area contributed by atoms with Gasteiger partial charge in [0.25, 0.3) is 0 Å². The molecule has 1 atom stereocenters. The highest BCUT2D eigenvalue weighted by Crippen LogP contribution is 2.41. The Kier molecular flexibility index (Phi) is 4.27. The molecule has 2 aromatic rings. The third-order valence-corrected chi connectivity index (χ3v) is 6.10. The molecule has 2 aromatic carbocycles. The number of rotatable bonds is 4. The van der Waals surface area contributed by atoms with Crippen molar-refractivity contribution in [3.63, 3.8) is 0 Å². The Labute approximate surface area is 133 Å². The third-order valence-electron chi connectivity index (χ3n) is 3.69. The van der Waals surface area contributed by atoms with E-state index in [-0.39, 0.29) is 0 Å². The molecule has 0 radical (unpaired) electrons. The fraction of sp³-hybridized carbons (Fsp3) is 0.235. The van der Waals surface area contributed by atoms with Gasteiger partial charge in [-0.25, -0.2) is 4.79 Å². The number of carboxylic acid groups (broad SMARTS) is 1. The minimum atomic E-state index is -0.850. The number of fused-ring (bicyclic) bond motifs is 1. The van der Waals surface area contributed by atoms with Crippen LogP contribution in [0.3, 0.4) is 0 Å². The highest BCUT2D eigenvalue weighted by atomic mass is 32.2. The highest BCUT2D eigenvalue weighted by Gasteiger charge is 2.22. The summed E-state index contributed by atoms with van der Waals surface area (Å²) in [7, 11) is 0. The van der Waals surface area contributed by atoms with E-state index in [0.29, 0.717) is 11.5 Å². The normalized spacial score (nSPS) is 16.7. The van der Waals surface area contributed by atoms with Crippen LogP contribution in [-0.2, 0) is 0 Å². The van der Waals surface area contributed by atoms with E-state index >= 15 is 0 Å². The van der Waals surface area contributed by atoms with Gasteiger partial charge in [0, 0.05) is 27.2 Å². The molecule has 0 amide bonds. The molecule has 4 heteroatoms. The standard InChI is InChI=1S/C17H16O2S2/c1-11-6-7-13(8-15(11)17(18)19)20-9-12-10-21-16-5-3-2-4-14(12)16/h2-8,12H,9-10H2,1H3,(H,18,19). The Morgan fingerprint density at radius 3 is 2.95 bits per heavy atom. The fourth-order valence-corrected chi connectivity index (χ4v) is 4.95. The summed E-state index contributed by atoms with van der Waals surface area (Å²) in [5, 5.41) is 9.19. The van der Waals surface area contributed by atoms with Crippen molar-refractivity contribution in [1.82, 2.24) is 0 Å². The lowest BCUT2D eigenvalue weighted by atomic mass is 10.0. The van der Waals surface area contributed by atoms with Crippen LogP contribution in [0.15, 0.2) is 52.3 Å². The number of hydrogen-bond acceptors (Lipinski definition) is 3. The fourth-order valence-electron chi connectivity index (χ4n) is 2.49. The van der Waals surface area contributed by atoms with Crippen molar-refractivity contribution in [3.8, 4) is 0 Å². The molecule has 21 heavy (non-hydrogen) atoms. The smallest absolute Gasteiger partial charge is 0.335 e. The van der Waals surface area contributed by atoms with Crippen LogP contribution < -0.4 is 0 Å². The van der Waals surface area contributed by atoms with Gasteiger partial charge in [0.15, 0.2) is 0 Å². The second-order valence-corrected chi connectivity index (χ2v) is 7.29. The zero-order chi connectivity index (χ0) is 14.8. The number of carboxylic acids is 1. The Bertz CT molecular complexity index is 682. The number of benzene rings is 2. The van der Waals surface area contributed by atoms with Gasteiger partial charge in [0.2, 0.25) is 0 Å². The lowest BCUT2D eigenvalue weighted by Gasteiger charge is -2.11. The Hall–Kier alpha value is -1.39. The molecule has 0 saturated carbocycles. The van der Waals surface area contributed by atoms with E-state index in [4.69, 9.17) is 0 Å². The first kappa shape index (κ1) is 14.5. The van der Waals surface area contributed by atoms with Crippen molar-refractivity contribution in [2.45, 2.75) is 22.6 Å². The van der Waals surface area contributed by atoms with Crippen LogP contribution in [0.4, 0.5) is 0 Å². The summed E-state index contributed by atoms with van der Waals surface area (Å²) in [6.07, 6.45) is 0. The minimum absolute atomic E-state index is 0.404. The predicted octanol–water partition coefficient (Wildman–Crippen LogP) is 4.67. The molecule has 3 rings (SSSR count). The SMILES string of the molecule is Cc1ccc(SCC2CSc3ccccc32)cc1C(=O)O. The summed E-state index contributed by atoms with van der Waals surface area (Å²) in [6.45, 7) is 1.84.